The minimum absolute atomic E-state index is 0.0997. The molecule has 0 aliphatic carbocycles. The minimum atomic E-state index is -0.481. The molecule has 0 saturated heterocycles. The summed E-state index contributed by atoms with van der Waals surface area (Å²) in [5, 5.41) is 9.56. The zero-order valence-corrected chi connectivity index (χ0v) is 10.8. The summed E-state index contributed by atoms with van der Waals surface area (Å²) in [5.74, 6) is -0.562. The molecule has 0 amide bonds. The number of benzene rings is 2. The van der Waals surface area contributed by atoms with Gasteiger partial charge in [0, 0.05) is 11.6 Å². The molecule has 0 atom stereocenters. The van der Waals surface area contributed by atoms with Crippen molar-refractivity contribution < 1.29 is 19.0 Å². The van der Waals surface area contributed by atoms with Gasteiger partial charge in [-0.3, -0.25) is 4.79 Å². The van der Waals surface area contributed by atoms with Crippen LogP contribution in [0.5, 0.6) is 11.5 Å². The van der Waals surface area contributed by atoms with E-state index < -0.39 is 11.6 Å². The Balaban J connectivity index is 2.22. The minimum Gasteiger partial charge on any atom is -0.507 e. The average molecular weight is 272 g/mol. The number of phenols is 1. The van der Waals surface area contributed by atoms with Crippen LogP contribution in [0, 0.1) is 5.82 Å². The Labute approximate surface area is 115 Å². The Hall–Kier alpha value is -2.62. The maximum atomic E-state index is 13.7. The van der Waals surface area contributed by atoms with Crippen LogP contribution in [0.1, 0.15) is 15.9 Å². The lowest BCUT2D eigenvalue weighted by Crippen LogP contribution is -1.94. The predicted octanol–water partition coefficient (Wildman–Crippen LogP) is 3.44. The molecule has 20 heavy (non-hydrogen) atoms. The fourth-order valence-corrected chi connectivity index (χ4v) is 1.71. The maximum Gasteiger partial charge on any atom is 0.189 e. The molecule has 0 spiro atoms. The molecule has 0 aliphatic rings. The molecular weight excluding hydrogens is 259 g/mol. The van der Waals surface area contributed by atoms with Gasteiger partial charge in [-0.15, -0.1) is 0 Å². The molecule has 0 heterocycles. The van der Waals surface area contributed by atoms with Crippen LogP contribution in [0.15, 0.2) is 48.5 Å². The fraction of sp³-hybridized carbons (Fsp3) is 0.0625. The molecule has 0 bridgehead atoms. The van der Waals surface area contributed by atoms with E-state index in [9.17, 15) is 14.3 Å². The Bertz CT molecular complexity index is 663. The van der Waals surface area contributed by atoms with Crippen LogP contribution in [-0.2, 0) is 0 Å². The van der Waals surface area contributed by atoms with E-state index in [-0.39, 0.29) is 16.9 Å². The molecule has 0 aliphatic heterocycles. The van der Waals surface area contributed by atoms with Crippen LogP contribution in [0.4, 0.5) is 4.39 Å². The average Bonchev–Trinajstić information content (AvgIpc) is 2.46. The quantitative estimate of drug-likeness (QED) is 0.685. The number of phenolic OH excluding ortho intramolecular Hbond substituents is 1. The van der Waals surface area contributed by atoms with E-state index in [4.69, 9.17) is 4.74 Å². The first-order valence-electron chi connectivity index (χ1n) is 5.96. The first kappa shape index (κ1) is 13.8. The van der Waals surface area contributed by atoms with E-state index >= 15 is 0 Å². The molecule has 2 rings (SSSR count). The Morgan fingerprint density at radius 2 is 2.00 bits per heavy atom. The molecule has 0 unspecified atom stereocenters. The highest BCUT2D eigenvalue weighted by Crippen LogP contribution is 2.19. The number of hydrogen-bond acceptors (Lipinski definition) is 3. The van der Waals surface area contributed by atoms with E-state index in [0.29, 0.717) is 5.75 Å². The summed E-state index contributed by atoms with van der Waals surface area (Å²) in [5.41, 5.74) is 0.451. The highest BCUT2D eigenvalue weighted by atomic mass is 19.1. The van der Waals surface area contributed by atoms with Gasteiger partial charge in [0.25, 0.3) is 0 Å². The van der Waals surface area contributed by atoms with Gasteiger partial charge < -0.3 is 9.84 Å². The third-order valence-electron chi connectivity index (χ3n) is 2.79. The molecule has 1 N–H and O–H groups in total. The van der Waals surface area contributed by atoms with E-state index in [1.807, 2.05) is 0 Å². The number of allylic oxidation sites excluding steroid dienone is 1. The van der Waals surface area contributed by atoms with E-state index in [2.05, 4.69) is 0 Å². The summed E-state index contributed by atoms with van der Waals surface area (Å²) in [6.07, 6.45) is 2.59. The van der Waals surface area contributed by atoms with Gasteiger partial charge in [-0.1, -0.05) is 12.1 Å². The summed E-state index contributed by atoms with van der Waals surface area (Å²) in [6.45, 7) is 0. The van der Waals surface area contributed by atoms with Crippen molar-refractivity contribution in [2.24, 2.45) is 0 Å². The maximum absolute atomic E-state index is 13.7. The second-order valence-electron chi connectivity index (χ2n) is 4.10. The third kappa shape index (κ3) is 3.03. The zero-order chi connectivity index (χ0) is 14.5. The van der Waals surface area contributed by atoms with Gasteiger partial charge in [0.1, 0.15) is 17.3 Å². The van der Waals surface area contributed by atoms with Crippen molar-refractivity contribution in [2.75, 3.05) is 7.11 Å². The SMILES string of the molecule is COc1ccc(C=CC(=O)c2ccccc2O)c(F)c1. The van der Waals surface area contributed by atoms with E-state index in [1.54, 1.807) is 18.2 Å². The lowest BCUT2D eigenvalue weighted by atomic mass is 10.1. The first-order chi connectivity index (χ1) is 9.61. The van der Waals surface area contributed by atoms with Gasteiger partial charge in [-0.25, -0.2) is 4.39 Å². The number of para-hydroxylation sites is 1. The summed E-state index contributed by atoms with van der Waals surface area (Å²) in [4.78, 5) is 11.9. The van der Waals surface area contributed by atoms with Crippen LogP contribution in [0.3, 0.4) is 0 Å². The number of rotatable bonds is 4. The molecule has 0 fully saturated rings. The number of halogens is 1. The Morgan fingerprint density at radius 1 is 1.25 bits per heavy atom. The van der Waals surface area contributed by atoms with E-state index in [0.717, 1.165) is 0 Å². The number of carbonyl (C=O) groups excluding carboxylic acids is 1. The molecule has 0 saturated carbocycles. The van der Waals surface area contributed by atoms with Crippen LogP contribution >= 0.6 is 0 Å². The van der Waals surface area contributed by atoms with Crippen molar-refractivity contribution >= 4 is 11.9 Å². The second kappa shape index (κ2) is 6.02. The number of methoxy groups -OCH3 is 1. The first-order valence-corrected chi connectivity index (χ1v) is 5.96. The van der Waals surface area contributed by atoms with Crippen molar-refractivity contribution in [1.29, 1.82) is 0 Å². The fourth-order valence-electron chi connectivity index (χ4n) is 1.71. The molecule has 102 valence electrons. The highest BCUT2D eigenvalue weighted by Gasteiger charge is 2.07. The Morgan fingerprint density at radius 3 is 2.65 bits per heavy atom. The summed E-state index contributed by atoms with van der Waals surface area (Å²) < 4.78 is 18.6. The van der Waals surface area contributed by atoms with Gasteiger partial charge in [-0.05, 0) is 36.4 Å². The van der Waals surface area contributed by atoms with Crippen LogP contribution < -0.4 is 4.74 Å². The second-order valence-corrected chi connectivity index (χ2v) is 4.10. The molecule has 0 aromatic heterocycles. The topological polar surface area (TPSA) is 46.5 Å². The van der Waals surface area contributed by atoms with Gasteiger partial charge in [0.2, 0.25) is 0 Å². The normalized spacial score (nSPS) is 10.7. The monoisotopic (exact) mass is 272 g/mol. The van der Waals surface area contributed by atoms with E-state index in [1.165, 1.54) is 43.5 Å². The van der Waals surface area contributed by atoms with Crippen LogP contribution in [0.2, 0.25) is 0 Å². The molecule has 0 radical (unpaired) electrons. The number of aromatic hydroxyl groups is 1. The van der Waals surface area contributed by atoms with Gasteiger partial charge in [0.05, 0.1) is 12.7 Å². The van der Waals surface area contributed by atoms with Crippen molar-refractivity contribution in [3.05, 3.63) is 65.5 Å². The van der Waals surface area contributed by atoms with Crippen LogP contribution in [-0.4, -0.2) is 18.0 Å². The van der Waals surface area contributed by atoms with Crippen LogP contribution in [0.25, 0.3) is 6.08 Å². The van der Waals surface area contributed by atoms with Crippen molar-refractivity contribution in [3.8, 4) is 11.5 Å². The predicted molar refractivity (Wildman–Crippen MR) is 74.4 cm³/mol. The number of ether oxygens (including phenoxy) is 1. The molecule has 3 nitrogen and oxygen atoms in total. The smallest absolute Gasteiger partial charge is 0.189 e. The van der Waals surface area contributed by atoms with Crippen molar-refractivity contribution in [3.63, 3.8) is 0 Å². The Kier molecular flexibility index (Phi) is 4.15. The summed E-state index contributed by atoms with van der Waals surface area (Å²) >= 11 is 0. The summed E-state index contributed by atoms with van der Waals surface area (Å²) in [7, 11) is 1.45. The van der Waals surface area contributed by atoms with Crippen molar-refractivity contribution in [1.82, 2.24) is 0 Å². The molecular formula is C16H13FO3. The standard InChI is InChI=1S/C16H13FO3/c1-20-12-8-6-11(14(17)10-12)7-9-16(19)13-4-2-3-5-15(13)18/h2-10,18H,1H3. The largest absolute Gasteiger partial charge is 0.507 e. The molecule has 2 aromatic carbocycles. The van der Waals surface area contributed by atoms with Crippen molar-refractivity contribution in [2.45, 2.75) is 0 Å². The lowest BCUT2D eigenvalue weighted by Gasteiger charge is -2.02. The van der Waals surface area contributed by atoms with Gasteiger partial charge in [0.15, 0.2) is 5.78 Å². The number of hydrogen-bond donors (Lipinski definition) is 1. The summed E-state index contributed by atoms with van der Waals surface area (Å²) in [6, 6.07) is 10.6. The lowest BCUT2D eigenvalue weighted by molar-refractivity contribution is 0.104. The van der Waals surface area contributed by atoms with Gasteiger partial charge >= 0.3 is 0 Å². The van der Waals surface area contributed by atoms with Gasteiger partial charge in [-0.2, -0.15) is 0 Å². The number of carbonyl (C=O) groups is 1. The molecule has 4 heteroatoms. The third-order valence-corrected chi connectivity index (χ3v) is 2.79. The zero-order valence-electron chi connectivity index (χ0n) is 10.8. The molecule has 2 aromatic rings. The highest BCUT2D eigenvalue weighted by molar-refractivity contribution is 6.08. The number of ketones is 1.